The minimum Gasteiger partial charge on any atom is -0.326 e. The first kappa shape index (κ1) is 10.7. The predicted octanol–water partition coefficient (Wildman–Crippen LogP) is 2.22. The highest BCUT2D eigenvalue weighted by Crippen LogP contribution is 2.22. The molecule has 0 saturated carbocycles. The molecule has 72 valence electrons. The Morgan fingerprint density at radius 2 is 2.15 bits per heavy atom. The summed E-state index contributed by atoms with van der Waals surface area (Å²) in [7, 11) is 0. The monoisotopic (exact) mass is 302 g/mol. The van der Waals surface area contributed by atoms with Crippen LogP contribution in [0, 0.1) is 9.52 Å². The first-order chi connectivity index (χ1) is 6.06. The van der Waals surface area contributed by atoms with E-state index in [4.69, 9.17) is 5.73 Å². The predicted molar refractivity (Wildman–Crippen MR) is 49.8 cm³/mol. The smallest absolute Gasteiger partial charge is 0.280 e. The van der Waals surface area contributed by atoms with E-state index in [0.717, 1.165) is 6.07 Å². The van der Waals surface area contributed by atoms with Gasteiger partial charge in [0.05, 0.1) is 3.57 Å². The van der Waals surface area contributed by atoms with Crippen LogP contribution in [0.5, 0.6) is 0 Å². The number of hydrogen-bond acceptors (Lipinski definition) is 2. The molecule has 2 N–H and O–H groups in total. The van der Waals surface area contributed by atoms with Crippen LogP contribution in [0.4, 0.5) is 13.2 Å². The third-order valence-corrected chi connectivity index (χ3v) is 2.59. The van der Waals surface area contributed by atoms with E-state index < -0.39 is 18.1 Å². The second-order valence-electron chi connectivity index (χ2n) is 2.32. The summed E-state index contributed by atoms with van der Waals surface area (Å²) < 4.78 is 37.3. The van der Waals surface area contributed by atoms with Gasteiger partial charge in [0, 0.05) is 6.54 Å². The van der Waals surface area contributed by atoms with Crippen LogP contribution in [0.25, 0.3) is 0 Å². The number of nitrogens with two attached hydrogens (primary N) is 1. The van der Waals surface area contributed by atoms with E-state index in [-0.39, 0.29) is 10.1 Å². The molecule has 0 fully saturated rings. The highest BCUT2D eigenvalue weighted by Gasteiger charge is 2.14. The zero-order valence-electron chi connectivity index (χ0n) is 6.40. The Morgan fingerprint density at radius 3 is 2.62 bits per heavy atom. The van der Waals surface area contributed by atoms with Crippen molar-refractivity contribution in [3.05, 3.63) is 26.8 Å². The minimum absolute atomic E-state index is 0.0252. The lowest BCUT2D eigenvalue weighted by molar-refractivity contribution is 0.144. The fourth-order valence-electron chi connectivity index (χ4n) is 0.829. The van der Waals surface area contributed by atoms with E-state index in [1.165, 1.54) is 0 Å². The summed E-state index contributed by atoms with van der Waals surface area (Å²) in [5, 5.41) is 0. The molecule has 0 spiro atoms. The molecule has 0 radical (unpaired) electrons. The molecule has 1 heterocycles. The SMILES string of the molecule is NCc1cc(C(F)F)nc(F)c1I. The first-order valence-corrected chi connectivity index (χ1v) is 4.47. The topological polar surface area (TPSA) is 38.9 Å². The maximum atomic E-state index is 12.9. The van der Waals surface area contributed by atoms with E-state index in [2.05, 4.69) is 4.98 Å². The van der Waals surface area contributed by atoms with Crippen molar-refractivity contribution in [1.82, 2.24) is 4.98 Å². The maximum Gasteiger partial charge on any atom is 0.280 e. The third-order valence-electron chi connectivity index (χ3n) is 1.46. The van der Waals surface area contributed by atoms with Crippen LogP contribution in [-0.2, 0) is 6.54 Å². The molecule has 6 heteroatoms. The molecule has 1 aromatic heterocycles. The zero-order chi connectivity index (χ0) is 10.0. The Bertz CT molecular complexity index is 317. The summed E-state index contributed by atoms with van der Waals surface area (Å²) >= 11 is 1.68. The Morgan fingerprint density at radius 1 is 1.54 bits per heavy atom. The molecule has 1 rings (SSSR count). The van der Waals surface area contributed by atoms with Crippen molar-refractivity contribution >= 4 is 22.6 Å². The molecule has 0 aromatic carbocycles. The molecule has 0 aliphatic heterocycles. The van der Waals surface area contributed by atoms with Crippen molar-refractivity contribution in [1.29, 1.82) is 0 Å². The van der Waals surface area contributed by atoms with Gasteiger partial charge in [0.1, 0.15) is 5.69 Å². The van der Waals surface area contributed by atoms with Gasteiger partial charge in [0.15, 0.2) is 0 Å². The normalized spacial score (nSPS) is 10.9. The van der Waals surface area contributed by atoms with Gasteiger partial charge in [-0.15, -0.1) is 0 Å². The fourth-order valence-corrected chi connectivity index (χ4v) is 1.33. The van der Waals surface area contributed by atoms with Crippen LogP contribution in [0.15, 0.2) is 6.07 Å². The average Bonchev–Trinajstić information content (AvgIpc) is 2.09. The maximum absolute atomic E-state index is 12.9. The summed E-state index contributed by atoms with van der Waals surface area (Å²) in [5.74, 6) is -0.890. The summed E-state index contributed by atoms with van der Waals surface area (Å²) in [4.78, 5) is 3.10. The van der Waals surface area contributed by atoms with Crippen molar-refractivity contribution in [2.24, 2.45) is 5.73 Å². The Balaban J connectivity index is 3.22. The molecular formula is C7H6F3IN2. The molecule has 1 aromatic rings. The van der Waals surface area contributed by atoms with Crippen LogP contribution in [0.2, 0.25) is 0 Å². The molecule has 0 saturated heterocycles. The number of rotatable bonds is 2. The van der Waals surface area contributed by atoms with Gasteiger partial charge in [0.2, 0.25) is 5.95 Å². The number of aromatic nitrogens is 1. The van der Waals surface area contributed by atoms with Gasteiger partial charge < -0.3 is 5.73 Å². The second kappa shape index (κ2) is 4.23. The van der Waals surface area contributed by atoms with E-state index in [1.54, 1.807) is 22.6 Å². The minimum atomic E-state index is -2.77. The van der Waals surface area contributed by atoms with Gasteiger partial charge >= 0.3 is 0 Å². The number of alkyl halides is 2. The Kier molecular flexibility index (Phi) is 3.48. The van der Waals surface area contributed by atoms with Gasteiger partial charge in [-0.1, -0.05) is 0 Å². The molecule has 13 heavy (non-hydrogen) atoms. The second-order valence-corrected chi connectivity index (χ2v) is 3.39. The average molecular weight is 302 g/mol. The van der Waals surface area contributed by atoms with Crippen molar-refractivity contribution in [3.63, 3.8) is 0 Å². The lowest BCUT2D eigenvalue weighted by Crippen LogP contribution is -2.05. The lowest BCUT2D eigenvalue weighted by Gasteiger charge is -2.05. The molecule has 0 aliphatic rings. The highest BCUT2D eigenvalue weighted by molar-refractivity contribution is 14.1. The van der Waals surface area contributed by atoms with Crippen molar-refractivity contribution < 1.29 is 13.2 Å². The molecular weight excluding hydrogens is 296 g/mol. The summed E-state index contributed by atoms with van der Waals surface area (Å²) in [6, 6.07) is 1.12. The van der Waals surface area contributed by atoms with Crippen molar-refractivity contribution in [2.45, 2.75) is 13.0 Å². The van der Waals surface area contributed by atoms with Gasteiger partial charge in [-0.25, -0.2) is 13.8 Å². The van der Waals surface area contributed by atoms with Crippen LogP contribution < -0.4 is 5.73 Å². The zero-order valence-corrected chi connectivity index (χ0v) is 8.56. The molecule has 2 nitrogen and oxygen atoms in total. The molecule has 0 bridgehead atoms. The number of hydrogen-bond donors (Lipinski definition) is 1. The third kappa shape index (κ3) is 2.31. The lowest BCUT2D eigenvalue weighted by atomic mass is 10.2. The van der Waals surface area contributed by atoms with Gasteiger partial charge in [-0.2, -0.15) is 4.39 Å². The number of nitrogens with zero attached hydrogens (tertiary/aromatic N) is 1. The Labute approximate surface area is 86.5 Å². The summed E-state index contributed by atoms with van der Waals surface area (Å²) in [5.41, 5.74) is 5.02. The van der Waals surface area contributed by atoms with Crippen LogP contribution in [0.3, 0.4) is 0 Å². The fraction of sp³-hybridized carbons (Fsp3) is 0.286. The quantitative estimate of drug-likeness (QED) is 0.672. The van der Waals surface area contributed by atoms with E-state index in [1.807, 2.05) is 0 Å². The van der Waals surface area contributed by atoms with E-state index in [9.17, 15) is 13.2 Å². The Hall–Kier alpha value is -0.370. The number of pyridine rings is 1. The van der Waals surface area contributed by atoms with Crippen LogP contribution in [0.1, 0.15) is 17.7 Å². The van der Waals surface area contributed by atoms with Gasteiger partial charge in [-0.05, 0) is 34.2 Å². The van der Waals surface area contributed by atoms with Crippen molar-refractivity contribution in [3.8, 4) is 0 Å². The van der Waals surface area contributed by atoms with Crippen LogP contribution >= 0.6 is 22.6 Å². The largest absolute Gasteiger partial charge is 0.326 e. The van der Waals surface area contributed by atoms with Crippen LogP contribution in [-0.4, -0.2) is 4.98 Å². The summed E-state index contributed by atoms with van der Waals surface area (Å²) in [6.07, 6.45) is -2.77. The van der Waals surface area contributed by atoms with Gasteiger partial charge in [0.25, 0.3) is 6.43 Å². The molecule has 0 amide bonds. The standard InChI is InChI=1S/C7H6F3IN2/c8-6(9)4-1-3(2-12)5(11)7(10)13-4/h1,6H,2,12H2. The summed E-state index contributed by atoms with van der Waals surface area (Å²) in [6.45, 7) is 0.0252. The first-order valence-electron chi connectivity index (χ1n) is 3.39. The molecule has 0 atom stereocenters. The van der Waals surface area contributed by atoms with E-state index >= 15 is 0 Å². The number of halogens is 4. The van der Waals surface area contributed by atoms with Gasteiger partial charge in [-0.3, -0.25) is 0 Å². The molecule has 0 aliphatic carbocycles. The van der Waals surface area contributed by atoms with Crippen molar-refractivity contribution in [2.75, 3.05) is 0 Å². The highest BCUT2D eigenvalue weighted by atomic mass is 127. The van der Waals surface area contributed by atoms with E-state index in [0.29, 0.717) is 5.56 Å². The molecule has 0 unspecified atom stereocenters.